The van der Waals surface area contributed by atoms with Crippen LogP contribution in [0.1, 0.15) is 24.0 Å². The summed E-state index contributed by atoms with van der Waals surface area (Å²) in [5.41, 5.74) is 4.63. The normalized spacial score (nSPS) is 18.2. The van der Waals surface area contributed by atoms with E-state index in [0.717, 1.165) is 26.4 Å². The number of methoxy groups -OCH3 is 1. The van der Waals surface area contributed by atoms with Crippen molar-refractivity contribution in [3.8, 4) is 22.2 Å². The van der Waals surface area contributed by atoms with Crippen LogP contribution in [0, 0.1) is 12.7 Å². The Hall–Kier alpha value is -2.84. The van der Waals surface area contributed by atoms with E-state index in [1.54, 1.807) is 13.3 Å². The van der Waals surface area contributed by atoms with Gasteiger partial charge >= 0.3 is 0 Å². The zero-order chi connectivity index (χ0) is 20.3. The molecular formula is C21H18FN3O3S. The summed E-state index contributed by atoms with van der Waals surface area (Å²) in [6.45, 7) is 3.75. The number of aliphatic hydroxyl groups excluding tert-OH is 1. The molecule has 29 heavy (non-hydrogen) atoms. The van der Waals surface area contributed by atoms with Gasteiger partial charge in [0.25, 0.3) is 0 Å². The van der Waals surface area contributed by atoms with E-state index in [0.29, 0.717) is 22.4 Å². The smallest absolute Gasteiger partial charge is 0.232 e. The van der Waals surface area contributed by atoms with Crippen LogP contribution in [0.3, 0.4) is 0 Å². The molecule has 5 rings (SSSR count). The first-order valence-corrected chi connectivity index (χ1v) is 10.0. The molecule has 1 N–H and O–H groups in total. The summed E-state index contributed by atoms with van der Waals surface area (Å²) in [5, 5.41) is 10.3. The van der Waals surface area contributed by atoms with E-state index in [1.807, 2.05) is 26.0 Å². The molecular weight excluding hydrogens is 393 g/mol. The van der Waals surface area contributed by atoms with Gasteiger partial charge in [0.05, 0.1) is 41.2 Å². The summed E-state index contributed by atoms with van der Waals surface area (Å²) in [4.78, 5) is 13.7. The molecule has 6 nitrogen and oxygen atoms in total. The fourth-order valence-electron chi connectivity index (χ4n) is 3.83. The molecule has 2 aromatic carbocycles. The van der Waals surface area contributed by atoms with Gasteiger partial charge in [-0.2, -0.15) is 0 Å². The van der Waals surface area contributed by atoms with Crippen LogP contribution in [0.25, 0.3) is 31.8 Å². The lowest BCUT2D eigenvalue weighted by atomic mass is 9.97. The SMILES string of the molecule is COc1cnc2c(-c3nc4cc(F)c5c(c4s3)[C@H](C)[C@H](CO)O5)cc(C)cc2n1. The molecule has 1 aliphatic heterocycles. The molecule has 0 saturated carbocycles. The molecule has 1 aliphatic rings. The Morgan fingerprint density at radius 1 is 1.24 bits per heavy atom. The number of nitrogens with zero attached hydrogens (tertiary/aromatic N) is 3. The van der Waals surface area contributed by atoms with Gasteiger partial charge in [-0.05, 0) is 24.6 Å². The Kier molecular flexibility index (Phi) is 4.15. The number of aryl methyl sites for hydroxylation is 1. The van der Waals surface area contributed by atoms with Gasteiger partial charge in [-0.25, -0.2) is 19.3 Å². The average Bonchev–Trinajstić information content (AvgIpc) is 3.27. The fraction of sp³-hybridized carbons (Fsp3) is 0.286. The maximum Gasteiger partial charge on any atom is 0.232 e. The highest BCUT2D eigenvalue weighted by Crippen LogP contribution is 2.47. The van der Waals surface area contributed by atoms with Crippen molar-refractivity contribution in [1.82, 2.24) is 15.0 Å². The second kappa shape index (κ2) is 6.60. The van der Waals surface area contributed by atoms with Crippen LogP contribution in [0.15, 0.2) is 24.4 Å². The van der Waals surface area contributed by atoms with Crippen molar-refractivity contribution in [2.45, 2.75) is 25.9 Å². The Balaban J connectivity index is 1.75. The molecule has 4 aromatic rings. The summed E-state index contributed by atoms with van der Waals surface area (Å²) >= 11 is 1.48. The number of aliphatic hydroxyl groups is 1. The predicted octanol–water partition coefficient (Wildman–Crippen LogP) is 4.22. The van der Waals surface area contributed by atoms with Crippen LogP contribution in [0.2, 0.25) is 0 Å². The molecule has 0 fully saturated rings. The molecule has 0 radical (unpaired) electrons. The molecule has 0 amide bonds. The van der Waals surface area contributed by atoms with E-state index in [9.17, 15) is 9.50 Å². The Morgan fingerprint density at radius 3 is 2.83 bits per heavy atom. The number of halogens is 1. The zero-order valence-corrected chi connectivity index (χ0v) is 16.9. The summed E-state index contributed by atoms with van der Waals surface area (Å²) in [6.07, 6.45) is 1.13. The van der Waals surface area contributed by atoms with Gasteiger partial charge in [-0.15, -0.1) is 11.3 Å². The molecule has 0 saturated heterocycles. The fourth-order valence-corrected chi connectivity index (χ4v) is 5.03. The summed E-state index contributed by atoms with van der Waals surface area (Å²) in [7, 11) is 1.55. The zero-order valence-electron chi connectivity index (χ0n) is 16.1. The van der Waals surface area contributed by atoms with E-state index < -0.39 is 11.9 Å². The van der Waals surface area contributed by atoms with E-state index in [4.69, 9.17) is 14.5 Å². The highest BCUT2D eigenvalue weighted by molar-refractivity contribution is 7.22. The van der Waals surface area contributed by atoms with Crippen LogP contribution < -0.4 is 9.47 Å². The Morgan fingerprint density at radius 2 is 2.07 bits per heavy atom. The monoisotopic (exact) mass is 411 g/mol. The highest BCUT2D eigenvalue weighted by atomic mass is 32.1. The third-order valence-electron chi connectivity index (χ3n) is 5.29. The number of hydrogen-bond donors (Lipinski definition) is 1. The van der Waals surface area contributed by atoms with E-state index in [-0.39, 0.29) is 18.3 Å². The van der Waals surface area contributed by atoms with Gasteiger partial charge in [0.15, 0.2) is 11.6 Å². The van der Waals surface area contributed by atoms with Crippen molar-refractivity contribution < 1.29 is 19.0 Å². The van der Waals surface area contributed by atoms with Crippen molar-refractivity contribution >= 4 is 32.6 Å². The highest BCUT2D eigenvalue weighted by Gasteiger charge is 2.36. The average molecular weight is 411 g/mol. The lowest BCUT2D eigenvalue weighted by Gasteiger charge is -2.10. The molecule has 2 atom stereocenters. The maximum atomic E-state index is 14.6. The number of ether oxygens (including phenoxy) is 2. The molecule has 3 heterocycles. The third kappa shape index (κ3) is 2.74. The minimum absolute atomic E-state index is 0.125. The number of rotatable bonds is 3. The van der Waals surface area contributed by atoms with Crippen LogP contribution in [-0.4, -0.2) is 39.9 Å². The van der Waals surface area contributed by atoms with Crippen LogP contribution >= 0.6 is 11.3 Å². The minimum atomic E-state index is -0.453. The number of benzene rings is 2. The van der Waals surface area contributed by atoms with Gasteiger partial charge in [0, 0.05) is 23.1 Å². The first kappa shape index (κ1) is 18.2. The topological polar surface area (TPSA) is 77.4 Å². The quantitative estimate of drug-likeness (QED) is 0.544. The van der Waals surface area contributed by atoms with Gasteiger partial charge in [0.1, 0.15) is 11.1 Å². The van der Waals surface area contributed by atoms with Crippen LogP contribution in [0.5, 0.6) is 11.6 Å². The van der Waals surface area contributed by atoms with Crippen molar-refractivity contribution in [3.63, 3.8) is 0 Å². The van der Waals surface area contributed by atoms with Crippen LogP contribution in [0.4, 0.5) is 4.39 Å². The molecule has 0 spiro atoms. The Labute approximate surface area is 170 Å². The number of thiazole rings is 1. The Bertz CT molecular complexity index is 1270. The van der Waals surface area contributed by atoms with Gasteiger partial charge < -0.3 is 14.6 Å². The molecule has 0 aliphatic carbocycles. The lowest BCUT2D eigenvalue weighted by molar-refractivity contribution is 0.117. The molecule has 8 heteroatoms. The van der Waals surface area contributed by atoms with Gasteiger partial charge in [0.2, 0.25) is 5.88 Å². The van der Waals surface area contributed by atoms with Gasteiger partial charge in [-0.3, -0.25) is 0 Å². The maximum absolute atomic E-state index is 14.6. The number of hydrogen-bond acceptors (Lipinski definition) is 7. The largest absolute Gasteiger partial charge is 0.484 e. The summed E-state index contributed by atoms with van der Waals surface area (Å²) in [6, 6.07) is 5.35. The van der Waals surface area contributed by atoms with Crippen molar-refractivity contribution in [2.24, 2.45) is 0 Å². The van der Waals surface area contributed by atoms with Gasteiger partial charge in [-0.1, -0.05) is 6.92 Å². The van der Waals surface area contributed by atoms with Crippen molar-refractivity contribution in [1.29, 1.82) is 0 Å². The lowest BCUT2D eigenvalue weighted by Crippen LogP contribution is -2.21. The molecule has 148 valence electrons. The standard InChI is InChI=1S/C21H18FN3O3S/c1-9-4-11(18-13(5-9)24-16(27-3)7-23-18)21-25-14-6-12(22)19-17(20(14)29-21)10(2)15(8-26)28-19/h4-7,10,15,26H,8H2,1-3H3/t10-,15+/m1/s1. The van der Waals surface area contributed by atoms with E-state index in [2.05, 4.69) is 9.97 Å². The number of aromatic nitrogens is 3. The van der Waals surface area contributed by atoms with Crippen LogP contribution in [-0.2, 0) is 0 Å². The molecule has 2 aromatic heterocycles. The minimum Gasteiger partial charge on any atom is -0.484 e. The second-order valence-corrected chi connectivity index (χ2v) is 8.19. The van der Waals surface area contributed by atoms with Crippen molar-refractivity contribution in [3.05, 3.63) is 41.3 Å². The molecule has 0 unspecified atom stereocenters. The molecule has 0 bridgehead atoms. The summed E-state index contributed by atoms with van der Waals surface area (Å²) in [5.74, 6) is 0.0859. The second-order valence-electron chi connectivity index (χ2n) is 7.19. The first-order chi connectivity index (χ1) is 14.0. The first-order valence-electron chi connectivity index (χ1n) is 9.22. The van der Waals surface area contributed by atoms with Crippen molar-refractivity contribution in [2.75, 3.05) is 13.7 Å². The predicted molar refractivity (Wildman–Crippen MR) is 109 cm³/mol. The van der Waals surface area contributed by atoms with E-state index >= 15 is 0 Å². The van der Waals surface area contributed by atoms with E-state index in [1.165, 1.54) is 17.4 Å². The summed E-state index contributed by atoms with van der Waals surface area (Å²) < 4.78 is 26.4. The number of fused-ring (bicyclic) bond motifs is 4. The third-order valence-corrected chi connectivity index (χ3v) is 6.43.